The first kappa shape index (κ1) is 15.1. The lowest BCUT2D eigenvalue weighted by Crippen LogP contribution is -2.22. The third-order valence-electron chi connectivity index (χ3n) is 3.41. The van der Waals surface area contributed by atoms with Gasteiger partial charge in [-0.2, -0.15) is 0 Å². The van der Waals surface area contributed by atoms with Crippen LogP contribution in [0.25, 0.3) is 0 Å². The lowest BCUT2D eigenvalue weighted by molar-refractivity contribution is -0.139. The van der Waals surface area contributed by atoms with Crippen LogP contribution in [0.2, 0.25) is 5.02 Å². The van der Waals surface area contributed by atoms with E-state index in [9.17, 15) is 4.79 Å². The zero-order chi connectivity index (χ0) is 15.5. The van der Waals surface area contributed by atoms with Crippen molar-refractivity contribution in [3.05, 3.63) is 59.1 Å². The molecule has 1 aliphatic heterocycles. The Hall–Kier alpha value is -1.78. The number of carbonyl (C=O) groups is 1. The molecule has 2 aromatic carbocycles. The number of thioether (sulfide) groups is 1. The van der Waals surface area contributed by atoms with Crippen molar-refractivity contribution in [1.29, 1.82) is 0 Å². The van der Waals surface area contributed by atoms with Crippen LogP contribution in [0.15, 0.2) is 58.4 Å². The molecule has 1 heterocycles. The Labute approximate surface area is 138 Å². The highest BCUT2D eigenvalue weighted by Gasteiger charge is 2.27. The first-order chi connectivity index (χ1) is 10.7. The van der Waals surface area contributed by atoms with Gasteiger partial charge in [0.25, 0.3) is 0 Å². The van der Waals surface area contributed by atoms with E-state index in [-0.39, 0.29) is 11.2 Å². The minimum atomic E-state index is -0.303. The smallest absolute Gasteiger partial charge is 0.319 e. The number of ether oxygens (including phenoxy) is 1. The molecule has 0 radical (unpaired) electrons. The summed E-state index contributed by atoms with van der Waals surface area (Å²) in [7, 11) is 1.42. The Morgan fingerprint density at radius 3 is 2.68 bits per heavy atom. The van der Waals surface area contributed by atoms with E-state index in [0.717, 1.165) is 21.9 Å². The van der Waals surface area contributed by atoms with E-state index in [4.69, 9.17) is 21.3 Å². The van der Waals surface area contributed by atoms with Gasteiger partial charge in [-0.25, -0.2) is 0 Å². The number of para-hydroxylation sites is 1. The molecule has 0 aromatic heterocycles. The zero-order valence-electron chi connectivity index (χ0n) is 12.0. The molecule has 1 aliphatic rings. The van der Waals surface area contributed by atoms with Crippen LogP contribution in [0.3, 0.4) is 0 Å². The molecule has 1 unspecified atom stereocenters. The Balaban J connectivity index is 2.05. The average molecular weight is 332 g/mol. The summed E-state index contributed by atoms with van der Waals surface area (Å²) in [6.45, 7) is 0. The van der Waals surface area contributed by atoms with Crippen molar-refractivity contribution in [2.24, 2.45) is 4.99 Å². The van der Waals surface area contributed by atoms with Gasteiger partial charge in [-0.3, -0.25) is 9.79 Å². The number of hydrogen-bond donors (Lipinski definition) is 0. The quantitative estimate of drug-likeness (QED) is 0.761. The molecule has 0 fully saturated rings. The second-order valence-corrected chi connectivity index (χ2v) is 6.55. The number of halogens is 1. The predicted molar refractivity (Wildman–Crippen MR) is 90.4 cm³/mol. The highest BCUT2D eigenvalue weighted by atomic mass is 35.5. The number of aliphatic imine (C=N–C) groups is 1. The van der Waals surface area contributed by atoms with E-state index in [2.05, 4.69) is 0 Å². The minimum absolute atomic E-state index is 0.233. The summed E-state index contributed by atoms with van der Waals surface area (Å²) in [6, 6.07) is 15.3. The summed E-state index contributed by atoms with van der Waals surface area (Å²) < 4.78 is 4.93. The van der Waals surface area contributed by atoms with Gasteiger partial charge in [0.15, 0.2) is 0 Å². The fourth-order valence-electron chi connectivity index (χ4n) is 2.30. The molecule has 3 nitrogen and oxygen atoms in total. The van der Waals surface area contributed by atoms with E-state index >= 15 is 0 Å². The molecular formula is C17H14ClNO2S. The van der Waals surface area contributed by atoms with E-state index in [1.807, 2.05) is 48.5 Å². The van der Waals surface area contributed by atoms with E-state index in [1.165, 1.54) is 18.9 Å². The van der Waals surface area contributed by atoms with Crippen molar-refractivity contribution >= 4 is 40.7 Å². The molecule has 0 bridgehead atoms. The fraction of sp³-hybridized carbons (Fsp3) is 0.176. The van der Waals surface area contributed by atoms with Crippen molar-refractivity contribution in [3.8, 4) is 0 Å². The topological polar surface area (TPSA) is 38.7 Å². The van der Waals surface area contributed by atoms with Gasteiger partial charge >= 0.3 is 5.97 Å². The Morgan fingerprint density at radius 1 is 1.23 bits per heavy atom. The summed E-state index contributed by atoms with van der Waals surface area (Å²) in [5.41, 5.74) is 2.71. The van der Waals surface area contributed by atoms with Crippen molar-refractivity contribution in [1.82, 2.24) is 0 Å². The Bertz CT molecular complexity index is 728. The van der Waals surface area contributed by atoms with E-state index in [1.54, 1.807) is 0 Å². The largest absolute Gasteiger partial charge is 0.468 e. The van der Waals surface area contributed by atoms with Crippen LogP contribution in [0.1, 0.15) is 12.0 Å². The molecular weight excluding hydrogens is 318 g/mol. The number of benzene rings is 2. The van der Waals surface area contributed by atoms with Crippen LogP contribution in [0.4, 0.5) is 5.69 Å². The molecule has 0 saturated heterocycles. The average Bonchev–Trinajstić information content (AvgIpc) is 2.74. The number of nitrogens with zero attached hydrogens (tertiary/aromatic N) is 1. The Kier molecular flexibility index (Phi) is 4.50. The third kappa shape index (κ3) is 3.18. The number of fused-ring (bicyclic) bond motifs is 1. The van der Waals surface area contributed by atoms with Crippen LogP contribution >= 0.6 is 23.4 Å². The highest BCUT2D eigenvalue weighted by Crippen LogP contribution is 2.38. The summed E-state index contributed by atoms with van der Waals surface area (Å²) >= 11 is 7.44. The maximum Gasteiger partial charge on any atom is 0.319 e. The van der Waals surface area contributed by atoms with Crippen molar-refractivity contribution in [3.63, 3.8) is 0 Å². The zero-order valence-corrected chi connectivity index (χ0v) is 13.5. The number of methoxy groups -OCH3 is 1. The van der Waals surface area contributed by atoms with E-state index in [0.29, 0.717) is 11.4 Å². The number of esters is 1. The van der Waals surface area contributed by atoms with Crippen LogP contribution < -0.4 is 0 Å². The molecule has 0 saturated carbocycles. The van der Waals surface area contributed by atoms with Gasteiger partial charge in [0.05, 0.1) is 18.5 Å². The van der Waals surface area contributed by atoms with Crippen molar-refractivity contribution in [2.45, 2.75) is 16.6 Å². The van der Waals surface area contributed by atoms with Gasteiger partial charge in [-0.05, 0) is 29.8 Å². The maximum absolute atomic E-state index is 12.0. The Morgan fingerprint density at radius 2 is 1.95 bits per heavy atom. The van der Waals surface area contributed by atoms with Gasteiger partial charge in [0.1, 0.15) is 5.25 Å². The molecule has 0 spiro atoms. The highest BCUT2D eigenvalue weighted by molar-refractivity contribution is 8.00. The van der Waals surface area contributed by atoms with Gasteiger partial charge in [0, 0.05) is 16.3 Å². The molecule has 0 amide bonds. The SMILES string of the molecule is COC(=O)C1CC(c2ccc(Cl)cc2)=Nc2ccccc2S1. The normalized spacial score (nSPS) is 17.2. The first-order valence-electron chi connectivity index (χ1n) is 6.84. The summed E-state index contributed by atoms with van der Waals surface area (Å²) in [5.74, 6) is -0.233. The predicted octanol–water partition coefficient (Wildman–Crippen LogP) is 4.50. The summed E-state index contributed by atoms with van der Waals surface area (Å²) in [6.07, 6.45) is 0.521. The lowest BCUT2D eigenvalue weighted by Gasteiger charge is -2.13. The molecule has 5 heteroatoms. The van der Waals surface area contributed by atoms with Gasteiger partial charge in [-0.15, -0.1) is 11.8 Å². The molecule has 112 valence electrons. The van der Waals surface area contributed by atoms with Gasteiger partial charge < -0.3 is 4.74 Å². The lowest BCUT2D eigenvalue weighted by atomic mass is 10.1. The summed E-state index contributed by atoms with van der Waals surface area (Å²) in [5, 5.41) is 0.375. The molecule has 22 heavy (non-hydrogen) atoms. The van der Waals surface area contributed by atoms with Crippen LogP contribution in [0, 0.1) is 0 Å². The number of carbonyl (C=O) groups excluding carboxylic acids is 1. The first-order valence-corrected chi connectivity index (χ1v) is 8.10. The van der Waals surface area contributed by atoms with E-state index < -0.39 is 0 Å². The molecule has 1 atom stereocenters. The number of hydrogen-bond acceptors (Lipinski definition) is 4. The second-order valence-electron chi connectivity index (χ2n) is 4.87. The maximum atomic E-state index is 12.0. The monoisotopic (exact) mass is 331 g/mol. The van der Waals surface area contributed by atoms with Gasteiger partial charge in [0.2, 0.25) is 0 Å². The number of rotatable bonds is 2. The van der Waals surface area contributed by atoms with Gasteiger partial charge in [-0.1, -0.05) is 35.9 Å². The summed E-state index contributed by atoms with van der Waals surface area (Å²) in [4.78, 5) is 17.8. The van der Waals surface area contributed by atoms with Crippen LogP contribution in [-0.4, -0.2) is 24.0 Å². The van der Waals surface area contributed by atoms with Crippen molar-refractivity contribution < 1.29 is 9.53 Å². The fourth-order valence-corrected chi connectivity index (χ4v) is 3.56. The standard InChI is InChI=1S/C17H14ClNO2S/c1-21-17(20)16-10-14(11-6-8-12(18)9-7-11)19-13-4-2-3-5-15(13)22-16/h2-9,16H,10H2,1H3. The van der Waals surface area contributed by atoms with Crippen molar-refractivity contribution in [2.75, 3.05) is 7.11 Å². The van der Waals surface area contributed by atoms with Crippen LogP contribution in [0.5, 0.6) is 0 Å². The molecule has 3 rings (SSSR count). The molecule has 0 N–H and O–H groups in total. The third-order valence-corrected chi connectivity index (χ3v) is 4.90. The molecule has 0 aliphatic carbocycles. The minimum Gasteiger partial charge on any atom is -0.468 e. The molecule has 2 aromatic rings. The van der Waals surface area contributed by atoms with Crippen LogP contribution in [-0.2, 0) is 9.53 Å². The second kappa shape index (κ2) is 6.55.